The lowest BCUT2D eigenvalue weighted by Gasteiger charge is -2.12. The number of hydrogen-bond donors (Lipinski definition) is 2. The molecule has 0 spiro atoms. The van der Waals surface area contributed by atoms with E-state index >= 15 is 0 Å². The molecule has 0 atom stereocenters. The summed E-state index contributed by atoms with van der Waals surface area (Å²) in [6.45, 7) is 5.83. The monoisotopic (exact) mass is 380 g/mol. The fourth-order valence-corrected chi connectivity index (χ4v) is 2.23. The molecule has 28 heavy (non-hydrogen) atoms. The van der Waals surface area contributed by atoms with Crippen molar-refractivity contribution in [2.45, 2.75) is 26.2 Å². The van der Waals surface area contributed by atoms with Crippen LogP contribution in [0.4, 0.5) is 0 Å². The van der Waals surface area contributed by atoms with Crippen molar-refractivity contribution in [3.63, 3.8) is 0 Å². The van der Waals surface area contributed by atoms with Crippen molar-refractivity contribution in [3.05, 3.63) is 71.9 Å². The predicted molar refractivity (Wildman–Crippen MR) is 101 cm³/mol. The number of nitrogens with one attached hydrogen (secondary N) is 2. The molecular weight excluding hydrogens is 360 g/mol. The van der Waals surface area contributed by atoms with Crippen molar-refractivity contribution in [3.8, 4) is 11.5 Å². The topological polar surface area (TPSA) is 106 Å². The molecule has 2 amide bonds. The zero-order chi connectivity index (χ0) is 20.1. The van der Waals surface area contributed by atoms with Gasteiger partial charge < -0.3 is 9.26 Å². The number of benzene rings is 1. The van der Waals surface area contributed by atoms with Gasteiger partial charge in [-0.05, 0) is 30.3 Å². The fraction of sp³-hybridized carbons (Fsp3) is 0.200. The molecule has 0 unspecified atom stereocenters. The van der Waals surface area contributed by atoms with Crippen LogP contribution in [0.15, 0.2) is 59.4 Å². The van der Waals surface area contributed by atoms with Gasteiger partial charge in [-0.25, -0.2) is 0 Å². The van der Waals surface area contributed by atoms with E-state index in [1.807, 2.05) is 20.8 Å². The van der Waals surface area contributed by atoms with Crippen LogP contribution in [0.2, 0.25) is 0 Å². The number of amides is 2. The van der Waals surface area contributed by atoms with Gasteiger partial charge in [0.15, 0.2) is 5.69 Å². The molecule has 144 valence electrons. The molecule has 3 aromatic rings. The van der Waals surface area contributed by atoms with E-state index in [4.69, 9.17) is 9.26 Å². The van der Waals surface area contributed by atoms with Crippen LogP contribution in [0.3, 0.4) is 0 Å². The summed E-state index contributed by atoms with van der Waals surface area (Å²) in [5.74, 6) is 0.591. The molecule has 0 aliphatic carbocycles. The molecule has 2 heterocycles. The van der Waals surface area contributed by atoms with Crippen LogP contribution in [-0.4, -0.2) is 22.0 Å². The minimum Gasteiger partial charge on any atom is -0.457 e. The van der Waals surface area contributed by atoms with E-state index in [1.54, 1.807) is 54.9 Å². The van der Waals surface area contributed by atoms with Gasteiger partial charge in [0, 0.05) is 29.4 Å². The second kappa shape index (κ2) is 7.91. The summed E-state index contributed by atoms with van der Waals surface area (Å²) in [6.07, 6.45) is 3.22. The SMILES string of the molecule is CC(C)(C)c1cc(C(=O)NNC(=O)c2cccc(Oc3ccncc3)c2)no1. The second-order valence-electron chi connectivity index (χ2n) is 7.05. The molecular formula is C20H20N4O4. The lowest BCUT2D eigenvalue weighted by molar-refractivity contribution is 0.0841. The molecule has 0 aliphatic heterocycles. The van der Waals surface area contributed by atoms with Gasteiger partial charge in [-0.15, -0.1) is 0 Å². The van der Waals surface area contributed by atoms with Crippen molar-refractivity contribution >= 4 is 11.8 Å². The van der Waals surface area contributed by atoms with E-state index in [0.29, 0.717) is 22.8 Å². The Balaban J connectivity index is 1.61. The first-order valence-corrected chi connectivity index (χ1v) is 8.59. The Labute approximate surface area is 161 Å². The smallest absolute Gasteiger partial charge is 0.291 e. The van der Waals surface area contributed by atoms with Crippen LogP contribution in [0.25, 0.3) is 0 Å². The predicted octanol–water partition coefficient (Wildman–Crippen LogP) is 3.23. The van der Waals surface area contributed by atoms with Crippen LogP contribution >= 0.6 is 0 Å². The molecule has 0 bridgehead atoms. The van der Waals surface area contributed by atoms with Gasteiger partial charge in [0.25, 0.3) is 11.8 Å². The van der Waals surface area contributed by atoms with Crippen LogP contribution < -0.4 is 15.6 Å². The molecule has 0 radical (unpaired) electrons. The Bertz CT molecular complexity index is 977. The van der Waals surface area contributed by atoms with Gasteiger partial charge in [0.2, 0.25) is 0 Å². The van der Waals surface area contributed by atoms with E-state index in [-0.39, 0.29) is 11.1 Å². The Morgan fingerprint density at radius 1 is 0.964 bits per heavy atom. The number of carbonyl (C=O) groups is 2. The average Bonchev–Trinajstić information content (AvgIpc) is 3.18. The highest BCUT2D eigenvalue weighted by molar-refractivity contribution is 5.98. The number of hydrazine groups is 1. The highest BCUT2D eigenvalue weighted by atomic mass is 16.5. The normalized spacial score (nSPS) is 11.0. The standard InChI is InChI=1S/C20H20N4O4/c1-20(2,3)17-12-16(24-28-17)19(26)23-22-18(25)13-5-4-6-15(11-13)27-14-7-9-21-10-8-14/h4-12H,1-3H3,(H,22,25)(H,23,26). The summed E-state index contributed by atoms with van der Waals surface area (Å²) in [5.41, 5.74) is 4.80. The van der Waals surface area contributed by atoms with E-state index in [2.05, 4.69) is 21.0 Å². The van der Waals surface area contributed by atoms with Gasteiger partial charge >= 0.3 is 0 Å². The molecule has 0 fully saturated rings. The number of nitrogens with zero attached hydrogens (tertiary/aromatic N) is 2. The molecule has 8 nitrogen and oxygen atoms in total. The highest BCUT2D eigenvalue weighted by Crippen LogP contribution is 2.23. The van der Waals surface area contributed by atoms with E-state index in [0.717, 1.165) is 0 Å². The summed E-state index contributed by atoms with van der Waals surface area (Å²) >= 11 is 0. The Morgan fingerprint density at radius 3 is 2.36 bits per heavy atom. The summed E-state index contributed by atoms with van der Waals surface area (Å²) in [7, 11) is 0. The van der Waals surface area contributed by atoms with Gasteiger partial charge in [0.1, 0.15) is 17.3 Å². The number of pyridine rings is 1. The molecule has 0 saturated carbocycles. The van der Waals surface area contributed by atoms with Gasteiger partial charge in [-0.3, -0.25) is 25.4 Å². The Kier molecular flexibility index (Phi) is 5.39. The maximum Gasteiger partial charge on any atom is 0.291 e. The molecule has 0 aliphatic rings. The van der Waals surface area contributed by atoms with E-state index in [9.17, 15) is 9.59 Å². The van der Waals surface area contributed by atoms with Crippen LogP contribution in [0.5, 0.6) is 11.5 Å². The van der Waals surface area contributed by atoms with Gasteiger partial charge in [-0.2, -0.15) is 0 Å². The summed E-state index contributed by atoms with van der Waals surface area (Å²) in [6, 6.07) is 11.5. The van der Waals surface area contributed by atoms with E-state index in [1.165, 1.54) is 0 Å². The number of aromatic nitrogens is 2. The van der Waals surface area contributed by atoms with Crippen LogP contribution in [0.1, 0.15) is 47.4 Å². The van der Waals surface area contributed by atoms with Crippen molar-refractivity contribution in [1.29, 1.82) is 0 Å². The summed E-state index contributed by atoms with van der Waals surface area (Å²) in [4.78, 5) is 28.4. The summed E-state index contributed by atoms with van der Waals surface area (Å²) < 4.78 is 10.8. The third-order valence-electron chi connectivity index (χ3n) is 3.75. The molecule has 2 N–H and O–H groups in total. The van der Waals surface area contributed by atoms with Crippen LogP contribution in [0, 0.1) is 0 Å². The Morgan fingerprint density at radius 2 is 1.68 bits per heavy atom. The zero-order valence-corrected chi connectivity index (χ0v) is 15.7. The van der Waals surface area contributed by atoms with E-state index < -0.39 is 11.8 Å². The molecule has 3 rings (SSSR count). The molecule has 8 heteroatoms. The highest BCUT2D eigenvalue weighted by Gasteiger charge is 2.22. The number of rotatable bonds is 4. The summed E-state index contributed by atoms with van der Waals surface area (Å²) in [5, 5.41) is 3.73. The largest absolute Gasteiger partial charge is 0.457 e. The average molecular weight is 380 g/mol. The second-order valence-corrected chi connectivity index (χ2v) is 7.05. The van der Waals surface area contributed by atoms with Gasteiger partial charge in [-0.1, -0.05) is 32.0 Å². The third kappa shape index (κ3) is 4.73. The molecule has 0 saturated heterocycles. The first kappa shape index (κ1) is 19.1. The minimum atomic E-state index is -0.572. The number of hydrogen-bond acceptors (Lipinski definition) is 6. The van der Waals surface area contributed by atoms with Crippen molar-refractivity contribution in [1.82, 2.24) is 21.0 Å². The number of carbonyl (C=O) groups excluding carboxylic acids is 2. The van der Waals surface area contributed by atoms with Gasteiger partial charge in [0.05, 0.1) is 0 Å². The maximum atomic E-state index is 12.3. The third-order valence-corrected chi connectivity index (χ3v) is 3.75. The molecule has 2 aromatic heterocycles. The minimum absolute atomic E-state index is 0.0833. The van der Waals surface area contributed by atoms with Crippen molar-refractivity contribution in [2.75, 3.05) is 0 Å². The van der Waals surface area contributed by atoms with Crippen LogP contribution in [-0.2, 0) is 5.41 Å². The Hall–Kier alpha value is -3.68. The lowest BCUT2D eigenvalue weighted by Crippen LogP contribution is -2.41. The number of ether oxygens (including phenoxy) is 1. The zero-order valence-electron chi connectivity index (χ0n) is 15.7. The first-order chi connectivity index (χ1) is 13.3. The van der Waals surface area contributed by atoms with Crippen molar-refractivity contribution in [2.24, 2.45) is 0 Å². The first-order valence-electron chi connectivity index (χ1n) is 8.59. The lowest BCUT2D eigenvalue weighted by atomic mass is 9.93. The molecule has 1 aromatic carbocycles. The van der Waals surface area contributed by atoms with Crippen molar-refractivity contribution < 1.29 is 18.8 Å². The quantitative estimate of drug-likeness (QED) is 0.673. The fourth-order valence-electron chi connectivity index (χ4n) is 2.23. The maximum absolute atomic E-state index is 12.3.